The lowest BCUT2D eigenvalue weighted by Crippen LogP contribution is -2.45. The lowest BCUT2D eigenvalue weighted by atomic mass is 9.97. The molecule has 2 amide bonds. The number of aryl methyl sites for hydroxylation is 1. The first kappa shape index (κ1) is 13.2. The normalized spacial score (nSPS) is 22.7. The van der Waals surface area contributed by atoms with E-state index in [0.717, 1.165) is 31.5 Å². The van der Waals surface area contributed by atoms with Crippen LogP contribution in [-0.2, 0) is 16.0 Å². The highest BCUT2D eigenvalue weighted by Crippen LogP contribution is 2.28. The Morgan fingerprint density at radius 1 is 1.20 bits per heavy atom. The van der Waals surface area contributed by atoms with Gasteiger partial charge in [0.15, 0.2) is 0 Å². The van der Waals surface area contributed by atoms with Crippen molar-refractivity contribution < 1.29 is 9.59 Å². The molecule has 0 aromatic heterocycles. The van der Waals surface area contributed by atoms with Crippen LogP contribution < -0.4 is 10.2 Å². The minimum Gasteiger partial charge on any atom is -0.355 e. The average molecular weight is 272 g/mol. The molecule has 1 saturated heterocycles. The number of anilines is 1. The van der Waals surface area contributed by atoms with Crippen LogP contribution in [0.4, 0.5) is 5.69 Å². The number of para-hydroxylation sites is 1. The molecule has 4 heteroatoms. The molecule has 1 unspecified atom stereocenters. The Morgan fingerprint density at radius 3 is 2.85 bits per heavy atom. The van der Waals surface area contributed by atoms with E-state index in [4.69, 9.17) is 0 Å². The number of piperidine rings is 1. The van der Waals surface area contributed by atoms with Crippen molar-refractivity contribution in [1.29, 1.82) is 0 Å². The molecule has 1 aromatic rings. The van der Waals surface area contributed by atoms with Crippen molar-refractivity contribution in [3.8, 4) is 0 Å². The molecule has 1 aromatic carbocycles. The van der Waals surface area contributed by atoms with E-state index < -0.39 is 0 Å². The molecule has 2 heterocycles. The van der Waals surface area contributed by atoms with Crippen LogP contribution in [0.25, 0.3) is 0 Å². The first-order valence-electron chi connectivity index (χ1n) is 7.41. The Hall–Kier alpha value is -1.84. The molecule has 0 radical (unpaired) electrons. The summed E-state index contributed by atoms with van der Waals surface area (Å²) in [4.78, 5) is 25.9. The van der Waals surface area contributed by atoms with Crippen LogP contribution in [0.5, 0.6) is 0 Å². The summed E-state index contributed by atoms with van der Waals surface area (Å²) in [6.45, 7) is 1.27. The van der Waals surface area contributed by atoms with Gasteiger partial charge in [0, 0.05) is 25.2 Å². The maximum Gasteiger partial charge on any atom is 0.231 e. The van der Waals surface area contributed by atoms with Crippen molar-refractivity contribution in [1.82, 2.24) is 5.32 Å². The van der Waals surface area contributed by atoms with Gasteiger partial charge in [0.1, 0.15) is 0 Å². The number of carbonyl (C=O) groups excluding carboxylic acids is 2. The maximum atomic E-state index is 12.7. The van der Waals surface area contributed by atoms with Crippen LogP contribution in [0.3, 0.4) is 0 Å². The molecule has 20 heavy (non-hydrogen) atoms. The first-order valence-corrected chi connectivity index (χ1v) is 7.41. The van der Waals surface area contributed by atoms with E-state index in [1.54, 1.807) is 0 Å². The van der Waals surface area contributed by atoms with Crippen LogP contribution in [0.1, 0.15) is 31.2 Å². The molecular weight excluding hydrogens is 252 g/mol. The van der Waals surface area contributed by atoms with Gasteiger partial charge in [0.2, 0.25) is 11.8 Å². The van der Waals surface area contributed by atoms with E-state index in [-0.39, 0.29) is 17.7 Å². The number of benzene rings is 1. The molecule has 1 atom stereocenters. The van der Waals surface area contributed by atoms with Gasteiger partial charge in [0.25, 0.3) is 0 Å². The van der Waals surface area contributed by atoms with Gasteiger partial charge in [-0.1, -0.05) is 18.2 Å². The Balaban J connectivity index is 1.82. The minimum atomic E-state index is -0.0705. The highest BCUT2D eigenvalue weighted by molar-refractivity contribution is 5.97. The summed E-state index contributed by atoms with van der Waals surface area (Å²) in [7, 11) is 0. The highest BCUT2D eigenvalue weighted by atomic mass is 16.2. The average Bonchev–Trinajstić information content (AvgIpc) is 2.69. The van der Waals surface area contributed by atoms with Gasteiger partial charge in [-0.3, -0.25) is 9.59 Å². The Kier molecular flexibility index (Phi) is 3.72. The number of hydrogen-bond acceptors (Lipinski definition) is 2. The zero-order chi connectivity index (χ0) is 13.9. The topological polar surface area (TPSA) is 49.4 Å². The van der Waals surface area contributed by atoms with Crippen molar-refractivity contribution in [2.24, 2.45) is 5.92 Å². The SMILES string of the molecule is O=C1CCC(C(=O)N2CCCCc3ccccc32)CN1. The number of amides is 2. The molecule has 0 aliphatic carbocycles. The molecule has 1 fully saturated rings. The van der Waals surface area contributed by atoms with Gasteiger partial charge in [-0.05, 0) is 37.3 Å². The molecular formula is C16H20N2O2. The Labute approximate surface area is 119 Å². The summed E-state index contributed by atoms with van der Waals surface area (Å²) in [6.07, 6.45) is 4.35. The van der Waals surface area contributed by atoms with Crippen molar-refractivity contribution in [3.63, 3.8) is 0 Å². The van der Waals surface area contributed by atoms with Crippen LogP contribution in [0.15, 0.2) is 24.3 Å². The van der Waals surface area contributed by atoms with Gasteiger partial charge >= 0.3 is 0 Å². The molecule has 2 aliphatic heterocycles. The fourth-order valence-corrected chi connectivity index (χ4v) is 3.08. The lowest BCUT2D eigenvalue weighted by Gasteiger charge is -2.29. The molecule has 0 bridgehead atoms. The second-order valence-electron chi connectivity index (χ2n) is 5.62. The third kappa shape index (κ3) is 2.55. The second kappa shape index (κ2) is 5.65. The van der Waals surface area contributed by atoms with E-state index in [1.807, 2.05) is 23.1 Å². The number of nitrogens with one attached hydrogen (secondary N) is 1. The van der Waals surface area contributed by atoms with Crippen LogP contribution >= 0.6 is 0 Å². The second-order valence-corrected chi connectivity index (χ2v) is 5.62. The summed E-state index contributed by atoms with van der Waals surface area (Å²) < 4.78 is 0. The fourth-order valence-electron chi connectivity index (χ4n) is 3.08. The summed E-state index contributed by atoms with van der Waals surface area (Å²) in [6, 6.07) is 8.18. The molecule has 0 spiro atoms. The summed E-state index contributed by atoms with van der Waals surface area (Å²) in [5, 5.41) is 2.81. The van der Waals surface area contributed by atoms with Crippen molar-refractivity contribution in [2.75, 3.05) is 18.0 Å². The van der Waals surface area contributed by atoms with E-state index in [1.165, 1.54) is 5.56 Å². The van der Waals surface area contributed by atoms with Gasteiger partial charge < -0.3 is 10.2 Å². The van der Waals surface area contributed by atoms with Crippen LogP contribution in [0.2, 0.25) is 0 Å². The highest BCUT2D eigenvalue weighted by Gasteiger charge is 2.30. The third-order valence-electron chi connectivity index (χ3n) is 4.24. The lowest BCUT2D eigenvalue weighted by molar-refractivity contribution is -0.127. The van der Waals surface area contributed by atoms with E-state index >= 15 is 0 Å². The van der Waals surface area contributed by atoms with Crippen molar-refractivity contribution in [2.45, 2.75) is 32.1 Å². The maximum absolute atomic E-state index is 12.7. The Bertz CT molecular complexity index is 517. The molecule has 4 nitrogen and oxygen atoms in total. The zero-order valence-corrected chi connectivity index (χ0v) is 11.6. The van der Waals surface area contributed by atoms with Crippen LogP contribution in [0, 0.1) is 5.92 Å². The van der Waals surface area contributed by atoms with E-state index in [0.29, 0.717) is 19.4 Å². The number of nitrogens with zero attached hydrogens (tertiary/aromatic N) is 1. The minimum absolute atomic E-state index is 0.0605. The van der Waals surface area contributed by atoms with Gasteiger partial charge in [0.05, 0.1) is 5.92 Å². The quantitative estimate of drug-likeness (QED) is 0.848. The first-order chi connectivity index (χ1) is 9.75. The van der Waals surface area contributed by atoms with E-state index in [2.05, 4.69) is 11.4 Å². The monoisotopic (exact) mass is 272 g/mol. The number of fused-ring (bicyclic) bond motifs is 1. The fraction of sp³-hybridized carbons (Fsp3) is 0.500. The predicted molar refractivity (Wildman–Crippen MR) is 77.5 cm³/mol. The molecule has 1 N–H and O–H groups in total. The zero-order valence-electron chi connectivity index (χ0n) is 11.6. The summed E-state index contributed by atoms with van der Waals surface area (Å²) in [5.74, 6) is 0.156. The number of carbonyl (C=O) groups is 2. The van der Waals surface area contributed by atoms with Crippen molar-refractivity contribution in [3.05, 3.63) is 29.8 Å². The smallest absolute Gasteiger partial charge is 0.231 e. The largest absolute Gasteiger partial charge is 0.355 e. The Morgan fingerprint density at radius 2 is 2.05 bits per heavy atom. The number of rotatable bonds is 1. The standard InChI is InChI=1S/C16H20N2O2/c19-15-9-8-13(11-17-15)16(20)18-10-4-3-6-12-5-1-2-7-14(12)18/h1-2,5,7,13H,3-4,6,8-11H2,(H,17,19). The molecule has 3 rings (SSSR count). The van der Waals surface area contributed by atoms with Gasteiger partial charge in [-0.2, -0.15) is 0 Å². The molecule has 2 aliphatic rings. The predicted octanol–water partition coefficient (Wildman–Crippen LogP) is 1.88. The van der Waals surface area contributed by atoms with Gasteiger partial charge in [-0.25, -0.2) is 0 Å². The summed E-state index contributed by atoms with van der Waals surface area (Å²) in [5.41, 5.74) is 2.32. The van der Waals surface area contributed by atoms with E-state index in [9.17, 15) is 9.59 Å². The summed E-state index contributed by atoms with van der Waals surface area (Å²) >= 11 is 0. The molecule has 106 valence electrons. The molecule has 0 saturated carbocycles. The third-order valence-corrected chi connectivity index (χ3v) is 4.24. The van der Waals surface area contributed by atoms with Crippen molar-refractivity contribution >= 4 is 17.5 Å². The number of hydrogen-bond donors (Lipinski definition) is 1. The van der Waals surface area contributed by atoms with Gasteiger partial charge in [-0.15, -0.1) is 0 Å². The van der Waals surface area contributed by atoms with Crippen LogP contribution in [-0.4, -0.2) is 24.9 Å².